The number of benzene rings is 1. The molecule has 0 aromatic heterocycles. The lowest BCUT2D eigenvalue weighted by Gasteiger charge is -2.37. The van der Waals surface area contributed by atoms with Gasteiger partial charge in [-0.15, -0.1) is 12.4 Å². The number of anilines is 1. The van der Waals surface area contributed by atoms with Crippen LogP contribution in [-0.4, -0.2) is 37.6 Å². The van der Waals surface area contributed by atoms with Crippen LogP contribution in [0.5, 0.6) is 0 Å². The van der Waals surface area contributed by atoms with E-state index in [9.17, 15) is 0 Å². The van der Waals surface area contributed by atoms with Crippen LogP contribution in [0.3, 0.4) is 0 Å². The molecule has 0 radical (unpaired) electrons. The highest BCUT2D eigenvalue weighted by Gasteiger charge is 2.27. The number of hydrogen-bond donors (Lipinski definition) is 0. The van der Waals surface area contributed by atoms with Gasteiger partial charge in [0, 0.05) is 44.0 Å². The molecule has 1 saturated carbocycles. The predicted molar refractivity (Wildman–Crippen MR) is 111 cm³/mol. The molecular weight excluding hydrogens is 328 g/mol. The van der Waals surface area contributed by atoms with E-state index in [1.165, 1.54) is 95.3 Å². The normalized spacial score (nSPS) is 24.6. The molecule has 1 aromatic carbocycles. The van der Waals surface area contributed by atoms with E-state index in [1.807, 2.05) is 0 Å². The molecule has 0 unspecified atom stereocenters. The number of para-hydroxylation sites is 1. The first kappa shape index (κ1) is 18.8. The summed E-state index contributed by atoms with van der Waals surface area (Å²) in [6.45, 7) is 6.21. The number of piperazine rings is 1. The standard InChI is InChI=1S/C22H32N2.ClH/c1-2-4-8-20(9-5-3-1)21-10-6-7-11-22(21)24-16-14-23(15-17-24)18-19-12-13-19;/h6-8,10-11,19H,1-5,9,12-18H2;1H/b20-8+;. The molecule has 0 bridgehead atoms. The SMILES string of the molecule is C1=C(/c2ccccc2N2CCN(CC3CC3)CC2)CCCCCC/1.Cl. The third kappa shape index (κ3) is 5.01. The second-order valence-corrected chi connectivity index (χ2v) is 7.93. The number of allylic oxidation sites excluding steroid dienone is 2. The van der Waals surface area contributed by atoms with Crippen molar-refractivity contribution >= 4 is 23.7 Å². The van der Waals surface area contributed by atoms with Gasteiger partial charge in [-0.1, -0.05) is 37.1 Å². The van der Waals surface area contributed by atoms with Gasteiger partial charge in [0.1, 0.15) is 0 Å². The van der Waals surface area contributed by atoms with Crippen LogP contribution in [-0.2, 0) is 0 Å². The van der Waals surface area contributed by atoms with Gasteiger partial charge in [0.15, 0.2) is 0 Å². The summed E-state index contributed by atoms with van der Waals surface area (Å²) in [5.74, 6) is 1.02. The van der Waals surface area contributed by atoms with Gasteiger partial charge in [0.05, 0.1) is 0 Å². The highest BCUT2D eigenvalue weighted by atomic mass is 35.5. The zero-order valence-electron chi connectivity index (χ0n) is 15.5. The third-order valence-electron chi connectivity index (χ3n) is 5.97. The van der Waals surface area contributed by atoms with Crippen LogP contribution in [0.4, 0.5) is 5.69 Å². The number of nitrogens with zero attached hydrogens (tertiary/aromatic N) is 2. The average Bonchev–Trinajstić information content (AvgIpc) is 3.40. The summed E-state index contributed by atoms with van der Waals surface area (Å²) in [4.78, 5) is 5.32. The van der Waals surface area contributed by atoms with E-state index in [4.69, 9.17) is 0 Å². The van der Waals surface area contributed by atoms with Crippen molar-refractivity contribution in [2.75, 3.05) is 37.6 Å². The fourth-order valence-electron chi connectivity index (χ4n) is 4.29. The Morgan fingerprint density at radius 2 is 1.64 bits per heavy atom. The van der Waals surface area contributed by atoms with Gasteiger partial charge in [-0.3, -0.25) is 4.90 Å². The Hall–Kier alpha value is -0.990. The van der Waals surface area contributed by atoms with Crippen molar-refractivity contribution in [3.05, 3.63) is 35.9 Å². The predicted octanol–water partition coefficient (Wildman–Crippen LogP) is 5.38. The molecule has 2 aliphatic carbocycles. The Balaban J connectivity index is 0.00000182. The van der Waals surface area contributed by atoms with Crippen molar-refractivity contribution in [3.8, 4) is 0 Å². The van der Waals surface area contributed by atoms with Gasteiger partial charge in [-0.25, -0.2) is 0 Å². The Kier molecular flexibility index (Phi) is 6.84. The van der Waals surface area contributed by atoms with Crippen LogP contribution < -0.4 is 4.90 Å². The number of rotatable bonds is 4. The molecule has 0 atom stereocenters. The van der Waals surface area contributed by atoms with Crippen LogP contribution in [0.1, 0.15) is 56.9 Å². The van der Waals surface area contributed by atoms with Gasteiger partial charge in [0.25, 0.3) is 0 Å². The van der Waals surface area contributed by atoms with Gasteiger partial charge in [0.2, 0.25) is 0 Å². The fraction of sp³-hybridized carbons (Fsp3) is 0.636. The first-order valence-electron chi connectivity index (χ1n) is 10.2. The number of hydrogen-bond acceptors (Lipinski definition) is 2. The lowest BCUT2D eigenvalue weighted by atomic mass is 9.93. The van der Waals surface area contributed by atoms with E-state index >= 15 is 0 Å². The molecule has 0 N–H and O–H groups in total. The topological polar surface area (TPSA) is 6.48 Å². The third-order valence-corrected chi connectivity index (χ3v) is 5.97. The van der Waals surface area contributed by atoms with E-state index < -0.39 is 0 Å². The van der Waals surface area contributed by atoms with Crippen molar-refractivity contribution in [2.45, 2.75) is 51.4 Å². The van der Waals surface area contributed by atoms with Crippen LogP contribution in [0, 0.1) is 5.92 Å². The second kappa shape index (κ2) is 9.09. The zero-order valence-corrected chi connectivity index (χ0v) is 16.3. The zero-order chi connectivity index (χ0) is 16.2. The maximum Gasteiger partial charge on any atom is 0.0443 e. The van der Waals surface area contributed by atoms with Gasteiger partial charge in [-0.05, 0) is 56.1 Å². The Bertz CT molecular complexity index is 571. The van der Waals surface area contributed by atoms with Crippen molar-refractivity contribution in [1.29, 1.82) is 0 Å². The molecule has 1 aromatic rings. The molecule has 25 heavy (non-hydrogen) atoms. The summed E-state index contributed by atoms with van der Waals surface area (Å²) in [5.41, 5.74) is 4.59. The molecule has 2 nitrogen and oxygen atoms in total. The fourth-order valence-corrected chi connectivity index (χ4v) is 4.29. The molecule has 4 rings (SSSR count). The van der Waals surface area contributed by atoms with Gasteiger partial charge in [-0.2, -0.15) is 0 Å². The highest BCUT2D eigenvalue weighted by Crippen LogP contribution is 2.34. The van der Waals surface area contributed by atoms with Crippen LogP contribution in [0.25, 0.3) is 5.57 Å². The first-order valence-corrected chi connectivity index (χ1v) is 10.2. The van der Waals surface area contributed by atoms with Crippen LogP contribution >= 0.6 is 12.4 Å². The van der Waals surface area contributed by atoms with Crippen molar-refractivity contribution in [3.63, 3.8) is 0 Å². The Morgan fingerprint density at radius 3 is 2.44 bits per heavy atom. The Morgan fingerprint density at radius 1 is 0.880 bits per heavy atom. The van der Waals surface area contributed by atoms with Gasteiger partial charge >= 0.3 is 0 Å². The summed E-state index contributed by atoms with van der Waals surface area (Å²) < 4.78 is 0. The molecule has 138 valence electrons. The molecule has 3 heteroatoms. The molecule has 1 aliphatic heterocycles. The van der Waals surface area contributed by atoms with E-state index in [0.717, 1.165) is 5.92 Å². The summed E-state index contributed by atoms with van der Waals surface area (Å²) in [7, 11) is 0. The average molecular weight is 361 g/mol. The highest BCUT2D eigenvalue weighted by molar-refractivity contribution is 5.85. The minimum atomic E-state index is 0. The monoisotopic (exact) mass is 360 g/mol. The maximum atomic E-state index is 2.69. The van der Waals surface area contributed by atoms with E-state index in [2.05, 4.69) is 40.1 Å². The first-order chi connectivity index (χ1) is 11.9. The van der Waals surface area contributed by atoms with Crippen molar-refractivity contribution in [1.82, 2.24) is 4.90 Å². The largest absolute Gasteiger partial charge is 0.368 e. The minimum absolute atomic E-state index is 0. The van der Waals surface area contributed by atoms with Crippen LogP contribution in [0.15, 0.2) is 30.3 Å². The lowest BCUT2D eigenvalue weighted by molar-refractivity contribution is 0.248. The summed E-state index contributed by atoms with van der Waals surface area (Å²) >= 11 is 0. The number of halogens is 1. The smallest absolute Gasteiger partial charge is 0.0443 e. The van der Waals surface area contributed by atoms with E-state index in [-0.39, 0.29) is 12.4 Å². The molecule has 0 amide bonds. The van der Waals surface area contributed by atoms with E-state index in [0.29, 0.717) is 0 Å². The molecule has 2 fully saturated rings. The summed E-state index contributed by atoms with van der Waals surface area (Å²) in [5, 5.41) is 0. The lowest BCUT2D eigenvalue weighted by Crippen LogP contribution is -2.47. The molecular formula is C22H33ClN2. The van der Waals surface area contributed by atoms with Crippen LogP contribution in [0.2, 0.25) is 0 Å². The molecule has 3 aliphatic rings. The Labute approximate surface area is 159 Å². The molecule has 1 heterocycles. The van der Waals surface area contributed by atoms with Crippen molar-refractivity contribution < 1.29 is 0 Å². The second-order valence-electron chi connectivity index (χ2n) is 7.93. The summed E-state index contributed by atoms with van der Waals surface area (Å²) in [6.07, 6.45) is 13.5. The van der Waals surface area contributed by atoms with E-state index in [1.54, 1.807) is 5.57 Å². The molecule has 1 saturated heterocycles. The van der Waals surface area contributed by atoms with Crippen molar-refractivity contribution in [2.24, 2.45) is 5.92 Å². The summed E-state index contributed by atoms with van der Waals surface area (Å²) in [6, 6.07) is 9.16. The van der Waals surface area contributed by atoms with Gasteiger partial charge < -0.3 is 4.90 Å². The molecule has 0 spiro atoms. The minimum Gasteiger partial charge on any atom is -0.368 e. The quantitative estimate of drug-likeness (QED) is 0.711. The maximum absolute atomic E-state index is 2.69.